The van der Waals surface area contributed by atoms with Crippen molar-refractivity contribution in [1.29, 1.82) is 0 Å². The highest BCUT2D eigenvalue weighted by atomic mass is 16.5. The molecule has 0 aromatic heterocycles. The van der Waals surface area contributed by atoms with Gasteiger partial charge in [0.05, 0.1) is 19.8 Å². The summed E-state index contributed by atoms with van der Waals surface area (Å²) in [6.07, 6.45) is 2.21. The standard InChI is InChI=1S/C22H26N2O4/c1-26-17-9-10-20(27-2)15(11-17)12-24-13-18(14-24)28-21-6-4-3-5-19(21)22(25)23-16-7-8-16/h3-6,9-11,16,18H,7-8,12-14H2,1-2H3,(H,23,25). The summed E-state index contributed by atoms with van der Waals surface area (Å²) >= 11 is 0. The molecule has 6 heteroatoms. The lowest BCUT2D eigenvalue weighted by Gasteiger charge is -2.39. The van der Waals surface area contributed by atoms with E-state index in [1.54, 1.807) is 14.2 Å². The Morgan fingerprint density at radius 2 is 1.86 bits per heavy atom. The molecule has 148 valence electrons. The number of hydrogen-bond acceptors (Lipinski definition) is 5. The predicted octanol–water partition coefficient (Wildman–Crippen LogP) is 2.86. The molecule has 1 aliphatic carbocycles. The van der Waals surface area contributed by atoms with Gasteiger partial charge < -0.3 is 19.5 Å². The first-order valence-electron chi connectivity index (χ1n) is 9.66. The van der Waals surface area contributed by atoms with Crippen molar-refractivity contribution in [3.8, 4) is 17.2 Å². The van der Waals surface area contributed by atoms with Gasteiger partial charge in [-0.25, -0.2) is 0 Å². The lowest BCUT2D eigenvalue weighted by Crippen LogP contribution is -2.53. The summed E-state index contributed by atoms with van der Waals surface area (Å²) < 4.78 is 16.9. The van der Waals surface area contributed by atoms with E-state index in [1.165, 1.54) is 0 Å². The molecule has 1 saturated heterocycles. The summed E-state index contributed by atoms with van der Waals surface area (Å²) in [7, 11) is 3.34. The number of para-hydroxylation sites is 1. The minimum atomic E-state index is -0.0459. The number of rotatable bonds is 8. The van der Waals surface area contributed by atoms with Crippen LogP contribution < -0.4 is 19.5 Å². The van der Waals surface area contributed by atoms with Gasteiger partial charge in [0.2, 0.25) is 0 Å². The molecule has 28 heavy (non-hydrogen) atoms. The van der Waals surface area contributed by atoms with Crippen LogP contribution in [-0.4, -0.2) is 50.3 Å². The number of amides is 1. The van der Waals surface area contributed by atoms with Crippen LogP contribution in [-0.2, 0) is 6.54 Å². The summed E-state index contributed by atoms with van der Waals surface area (Å²) in [6, 6.07) is 13.6. The van der Waals surface area contributed by atoms with Crippen LogP contribution in [0, 0.1) is 0 Å². The summed E-state index contributed by atoms with van der Waals surface area (Å²) in [5.74, 6) is 2.28. The predicted molar refractivity (Wildman–Crippen MR) is 106 cm³/mol. The Kier molecular flexibility index (Phi) is 5.39. The van der Waals surface area contributed by atoms with Gasteiger partial charge in [-0.3, -0.25) is 9.69 Å². The molecule has 1 N–H and O–H groups in total. The Balaban J connectivity index is 1.35. The topological polar surface area (TPSA) is 60.0 Å². The van der Waals surface area contributed by atoms with Crippen molar-refractivity contribution in [2.75, 3.05) is 27.3 Å². The molecule has 1 amide bonds. The van der Waals surface area contributed by atoms with Crippen LogP contribution in [0.15, 0.2) is 42.5 Å². The van der Waals surface area contributed by atoms with Crippen molar-refractivity contribution in [1.82, 2.24) is 10.2 Å². The average molecular weight is 382 g/mol. The van der Waals surface area contributed by atoms with Crippen molar-refractivity contribution in [2.24, 2.45) is 0 Å². The molecular weight excluding hydrogens is 356 g/mol. The second-order valence-corrected chi connectivity index (χ2v) is 7.36. The van der Waals surface area contributed by atoms with Gasteiger partial charge in [0, 0.05) is 31.2 Å². The number of likely N-dealkylation sites (tertiary alicyclic amines) is 1. The van der Waals surface area contributed by atoms with E-state index in [1.807, 2.05) is 42.5 Å². The van der Waals surface area contributed by atoms with Crippen molar-refractivity contribution in [3.05, 3.63) is 53.6 Å². The third-order valence-corrected chi connectivity index (χ3v) is 5.14. The van der Waals surface area contributed by atoms with Gasteiger partial charge in [0.1, 0.15) is 23.4 Å². The summed E-state index contributed by atoms with van der Waals surface area (Å²) in [5, 5.41) is 3.03. The Morgan fingerprint density at radius 3 is 2.57 bits per heavy atom. The van der Waals surface area contributed by atoms with E-state index in [2.05, 4.69) is 10.2 Å². The fourth-order valence-electron chi connectivity index (χ4n) is 3.40. The Bertz CT molecular complexity index is 844. The number of nitrogens with one attached hydrogen (secondary N) is 1. The molecule has 2 aliphatic rings. The zero-order valence-electron chi connectivity index (χ0n) is 16.3. The van der Waals surface area contributed by atoms with Gasteiger partial charge in [-0.1, -0.05) is 12.1 Å². The van der Waals surface area contributed by atoms with Crippen LogP contribution in [0.25, 0.3) is 0 Å². The largest absolute Gasteiger partial charge is 0.497 e. The fourth-order valence-corrected chi connectivity index (χ4v) is 3.40. The Hall–Kier alpha value is -2.73. The lowest BCUT2D eigenvalue weighted by molar-refractivity contribution is 0.0136. The molecule has 1 aliphatic heterocycles. The SMILES string of the molecule is COc1ccc(OC)c(CN2CC(Oc3ccccc3C(=O)NC3CC3)C2)c1. The minimum Gasteiger partial charge on any atom is -0.497 e. The average Bonchev–Trinajstić information content (AvgIpc) is 3.50. The quantitative estimate of drug-likeness (QED) is 0.761. The zero-order chi connectivity index (χ0) is 19.5. The van der Waals surface area contributed by atoms with Gasteiger partial charge >= 0.3 is 0 Å². The van der Waals surface area contributed by atoms with Crippen LogP contribution in [0.3, 0.4) is 0 Å². The second kappa shape index (κ2) is 8.10. The molecule has 0 atom stereocenters. The highest BCUT2D eigenvalue weighted by Gasteiger charge is 2.31. The molecule has 0 bridgehead atoms. The van der Waals surface area contributed by atoms with Crippen molar-refractivity contribution in [3.63, 3.8) is 0 Å². The number of ether oxygens (including phenoxy) is 3. The molecule has 0 unspecified atom stereocenters. The molecule has 0 radical (unpaired) electrons. The number of benzene rings is 2. The first-order chi connectivity index (χ1) is 13.7. The van der Waals surface area contributed by atoms with Gasteiger partial charge in [0.25, 0.3) is 5.91 Å². The van der Waals surface area contributed by atoms with Gasteiger partial charge in [0.15, 0.2) is 0 Å². The van der Waals surface area contributed by atoms with E-state index in [-0.39, 0.29) is 12.0 Å². The molecule has 6 nitrogen and oxygen atoms in total. The van der Waals surface area contributed by atoms with Crippen LogP contribution in [0.2, 0.25) is 0 Å². The highest BCUT2D eigenvalue weighted by Crippen LogP contribution is 2.29. The molecule has 4 rings (SSSR count). The van der Waals surface area contributed by atoms with Crippen molar-refractivity contribution >= 4 is 5.91 Å². The third-order valence-electron chi connectivity index (χ3n) is 5.14. The molecule has 2 aromatic carbocycles. The molecule has 2 aromatic rings. The maximum Gasteiger partial charge on any atom is 0.255 e. The first kappa shape index (κ1) is 18.6. The van der Waals surface area contributed by atoms with E-state index >= 15 is 0 Å². The van der Waals surface area contributed by atoms with E-state index < -0.39 is 0 Å². The molecule has 1 saturated carbocycles. The lowest BCUT2D eigenvalue weighted by atomic mass is 10.1. The number of carbonyl (C=O) groups is 1. The summed E-state index contributed by atoms with van der Waals surface area (Å²) in [4.78, 5) is 14.7. The summed E-state index contributed by atoms with van der Waals surface area (Å²) in [5.41, 5.74) is 1.70. The monoisotopic (exact) mass is 382 g/mol. The number of carbonyl (C=O) groups excluding carboxylic acids is 1. The van der Waals surface area contributed by atoms with E-state index in [9.17, 15) is 4.79 Å². The normalized spacial score (nSPS) is 16.9. The maximum absolute atomic E-state index is 12.4. The van der Waals surface area contributed by atoms with Crippen LogP contribution in [0.1, 0.15) is 28.8 Å². The van der Waals surface area contributed by atoms with Crippen LogP contribution in [0.4, 0.5) is 0 Å². The molecular formula is C22H26N2O4. The molecule has 2 fully saturated rings. The second-order valence-electron chi connectivity index (χ2n) is 7.36. The summed E-state index contributed by atoms with van der Waals surface area (Å²) in [6.45, 7) is 2.38. The highest BCUT2D eigenvalue weighted by molar-refractivity contribution is 5.97. The van der Waals surface area contributed by atoms with Crippen molar-refractivity contribution in [2.45, 2.75) is 31.5 Å². The van der Waals surface area contributed by atoms with Crippen LogP contribution >= 0.6 is 0 Å². The Labute approximate surface area is 165 Å². The Morgan fingerprint density at radius 1 is 1.07 bits per heavy atom. The molecule has 1 heterocycles. The number of methoxy groups -OCH3 is 2. The maximum atomic E-state index is 12.4. The van der Waals surface area contributed by atoms with Gasteiger partial charge in [-0.2, -0.15) is 0 Å². The molecule has 0 spiro atoms. The van der Waals surface area contributed by atoms with Crippen molar-refractivity contribution < 1.29 is 19.0 Å². The minimum absolute atomic E-state index is 0.0459. The number of hydrogen-bond donors (Lipinski definition) is 1. The van der Waals surface area contributed by atoms with E-state index in [0.29, 0.717) is 17.4 Å². The van der Waals surface area contributed by atoms with E-state index in [0.717, 1.165) is 49.5 Å². The zero-order valence-corrected chi connectivity index (χ0v) is 16.3. The van der Waals surface area contributed by atoms with Crippen LogP contribution in [0.5, 0.6) is 17.2 Å². The fraction of sp³-hybridized carbons (Fsp3) is 0.409. The van der Waals surface area contributed by atoms with Gasteiger partial charge in [-0.15, -0.1) is 0 Å². The van der Waals surface area contributed by atoms with Gasteiger partial charge in [-0.05, 0) is 43.2 Å². The smallest absolute Gasteiger partial charge is 0.255 e. The number of nitrogens with zero attached hydrogens (tertiary/aromatic N) is 1. The van der Waals surface area contributed by atoms with E-state index in [4.69, 9.17) is 14.2 Å². The third kappa shape index (κ3) is 4.22. The first-order valence-corrected chi connectivity index (χ1v) is 9.66.